The summed E-state index contributed by atoms with van der Waals surface area (Å²) in [5, 5.41) is 11.2. The first-order chi connectivity index (χ1) is 18.6. The topological polar surface area (TPSA) is 116 Å². The molecule has 0 saturated carbocycles. The molecule has 3 aromatic rings. The van der Waals surface area contributed by atoms with Crippen LogP contribution in [0.5, 0.6) is 11.5 Å². The van der Waals surface area contributed by atoms with Gasteiger partial charge in [-0.2, -0.15) is 0 Å². The number of Topliss-reactive ketones (excluding diaryl/α,β-unsaturated/α-hetero) is 1. The highest BCUT2D eigenvalue weighted by atomic mass is 79.9. The van der Waals surface area contributed by atoms with Gasteiger partial charge in [-0.1, -0.05) is 29.3 Å². The Morgan fingerprint density at radius 3 is 2.49 bits per heavy atom. The van der Waals surface area contributed by atoms with E-state index < -0.39 is 28.4 Å². The Morgan fingerprint density at radius 1 is 1.13 bits per heavy atom. The van der Waals surface area contributed by atoms with E-state index in [1.54, 1.807) is 30.3 Å². The third-order valence-electron chi connectivity index (χ3n) is 5.51. The smallest absolute Gasteiger partial charge is 0.293 e. The van der Waals surface area contributed by atoms with Crippen molar-refractivity contribution in [1.29, 1.82) is 0 Å². The Balaban J connectivity index is 1.50. The van der Waals surface area contributed by atoms with Crippen LogP contribution >= 0.6 is 50.9 Å². The monoisotopic (exact) mass is 650 g/mol. The summed E-state index contributed by atoms with van der Waals surface area (Å²) in [7, 11) is 1.46. The first kappa shape index (κ1) is 28.6. The van der Waals surface area contributed by atoms with Crippen LogP contribution in [0.1, 0.15) is 21.5 Å². The number of carbonyl (C=O) groups is 3. The van der Waals surface area contributed by atoms with Crippen LogP contribution in [0, 0.1) is 10.1 Å². The second-order valence-electron chi connectivity index (χ2n) is 8.05. The van der Waals surface area contributed by atoms with Crippen molar-refractivity contribution in [2.75, 3.05) is 13.7 Å². The number of rotatable bonds is 9. The molecular weight excluding hydrogens is 635 g/mol. The van der Waals surface area contributed by atoms with Gasteiger partial charge in [-0.3, -0.25) is 29.4 Å². The molecule has 2 amide bonds. The van der Waals surface area contributed by atoms with E-state index >= 15 is 0 Å². The van der Waals surface area contributed by atoms with Gasteiger partial charge in [-0.15, -0.1) is 0 Å². The number of methoxy groups -OCH3 is 1. The van der Waals surface area contributed by atoms with Gasteiger partial charge in [0.05, 0.1) is 28.0 Å². The molecule has 0 aromatic heterocycles. The maximum Gasteiger partial charge on any atom is 0.293 e. The number of benzene rings is 3. The molecule has 0 spiro atoms. The summed E-state index contributed by atoms with van der Waals surface area (Å²) in [4.78, 5) is 49.2. The van der Waals surface area contributed by atoms with Crippen molar-refractivity contribution >= 4 is 79.6 Å². The van der Waals surface area contributed by atoms with E-state index in [9.17, 15) is 24.5 Å². The minimum atomic E-state index is -0.631. The van der Waals surface area contributed by atoms with Crippen LogP contribution in [0.15, 0.2) is 64.0 Å². The second kappa shape index (κ2) is 12.2. The van der Waals surface area contributed by atoms with Crippen LogP contribution in [-0.2, 0) is 11.4 Å². The zero-order valence-electron chi connectivity index (χ0n) is 20.0. The van der Waals surface area contributed by atoms with Crippen LogP contribution in [-0.4, -0.2) is 40.4 Å². The third kappa shape index (κ3) is 6.62. The van der Waals surface area contributed by atoms with Crippen LogP contribution < -0.4 is 9.47 Å². The summed E-state index contributed by atoms with van der Waals surface area (Å²) < 4.78 is 11.9. The van der Waals surface area contributed by atoms with Crippen LogP contribution in [0.3, 0.4) is 0 Å². The zero-order chi connectivity index (χ0) is 28.3. The molecule has 1 saturated heterocycles. The number of imide groups is 1. The molecule has 1 fully saturated rings. The zero-order valence-corrected chi connectivity index (χ0v) is 23.9. The first-order valence-electron chi connectivity index (χ1n) is 11.0. The molecule has 0 radical (unpaired) electrons. The summed E-state index contributed by atoms with van der Waals surface area (Å²) in [5.41, 5.74) is 1.24. The molecule has 4 rings (SSSR count). The number of hydrogen-bond acceptors (Lipinski definition) is 8. The van der Waals surface area contributed by atoms with E-state index in [-0.39, 0.29) is 22.8 Å². The molecule has 39 heavy (non-hydrogen) atoms. The first-order valence-corrected chi connectivity index (χ1v) is 13.4. The Bertz CT molecular complexity index is 1530. The maximum absolute atomic E-state index is 12.9. The van der Waals surface area contributed by atoms with Crippen molar-refractivity contribution in [2.45, 2.75) is 6.61 Å². The molecule has 0 atom stereocenters. The lowest BCUT2D eigenvalue weighted by Crippen LogP contribution is -2.33. The summed E-state index contributed by atoms with van der Waals surface area (Å²) in [6.45, 7) is -0.348. The summed E-state index contributed by atoms with van der Waals surface area (Å²) in [6, 6.07) is 13.3. The van der Waals surface area contributed by atoms with Crippen LogP contribution in [0.25, 0.3) is 6.08 Å². The van der Waals surface area contributed by atoms with E-state index in [0.29, 0.717) is 43.3 Å². The minimum absolute atomic E-state index is 0.118. The Kier molecular flexibility index (Phi) is 8.96. The SMILES string of the molecule is COc1cc(/C=C2/SC(=O)N(CC(=O)c3ccc([N+](=O)[O-])cc3)C2=O)cc(Br)c1OCc1ccc(Cl)cc1Cl. The van der Waals surface area contributed by atoms with Gasteiger partial charge in [0, 0.05) is 33.3 Å². The highest BCUT2D eigenvalue weighted by Gasteiger charge is 2.36. The van der Waals surface area contributed by atoms with Gasteiger partial charge in [0.1, 0.15) is 6.61 Å². The molecule has 0 N–H and O–H groups in total. The highest BCUT2D eigenvalue weighted by molar-refractivity contribution is 9.10. The fourth-order valence-electron chi connectivity index (χ4n) is 3.54. The van der Waals surface area contributed by atoms with E-state index in [4.69, 9.17) is 32.7 Å². The number of hydrogen-bond donors (Lipinski definition) is 0. The van der Waals surface area contributed by atoms with Gasteiger partial charge in [-0.25, -0.2) is 0 Å². The van der Waals surface area contributed by atoms with Crippen molar-refractivity contribution in [3.63, 3.8) is 0 Å². The molecule has 0 bridgehead atoms. The number of non-ortho nitro benzene ring substituents is 1. The van der Waals surface area contributed by atoms with Crippen molar-refractivity contribution in [2.24, 2.45) is 0 Å². The number of nitrogens with zero attached hydrogens (tertiary/aromatic N) is 2. The van der Waals surface area contributed by atoms with Gasteiger partial charge in [0.2, 0.25) is 0 Å². The normalized spacial score (nSPS) is 14.2. The molecule has 1 aliphatic rings. The Labute approximate surface area is 244 Å². The standard InChI is InChI=1S/C26H17BrCl2N2O7S/c1-37-22-9-14(8-19(27)24(22)38-13-16-2-5-17(28)11-20(16)29)10-23-25(33)30(26(34)39-23)12-21(32)15-3-6-18(7-4-15)31(35)36/h2-11H,12-13H2,1H3/b23-10+. The van der Waals surface area contributed by atoms with E-state index in [2.05, 4.69) is 15.9 Å². The lowest BCUT2D eigenvalue weighted by atomic mass is 10.1. The fourth-order valence-corrected chi connectivity index (χ4v) is 5.42. The number of nitro benzene ring substituents is 1. The molecule has 0 unspecified atom stereocenters. The molecule has 200 valence electrons. The molecule has 1 aliphatic heterocycles. The summed E-state index contributed by atoms with van der Waals surface area (Å²) in [6.07, 6.45) is 1.51. The Hall–Kier alpha value is -3.38. The number of carbonyl (C=O) groups excluding carboxylic acids is 3. The van der Waals surface area contributed by atoms with Crippen LogP contribution in [0.4, 0.5) is 10.5 Å². The van der Waals surface area contributed by atoms with Gasteiger partial charge in [-0.05, 0) is 75.7 Å². The minimum Gasteiger partial charge on any atom is -0.493 e. The lowest BCUT2D eigenvalue weighted by molar-refractivity contribution is -0.384. The molecule has 13 heteroatoms. The third-order valence-corrected chi connectivity index (χ3v) is 7.60. The van der Waals surface area contributed by atoms with Crippen LogP contribution in [0.2, 0.25) is 10.0 Å². The quantitative estimate of drug-likeness (QED) is 0.103. The largest absolute Gasteiger partial charge is 0.493 e. The van der Waals surface area contributed by atoms with E-state index in [0.717, 1.165) is 10.5 Å². The van der Waals surface area contributed by atoms with Crippen molar-refractivity contribution in [3.05, 3.63) is 101 Å². The number of thioether (sulfide) groups is 1. The molecule has 0 aliphatic carbocycles. The molecule has 3 aromatic carbocycles. The number of nitro groups is 1. The average molecular weight is 652 g/mol. The van der Waals surface area contributed by atoms with E-state index in [1.165, 1.54) is 37.5 Å². The maximum atomic E-state index is 12.9. The van der Waals surface area contributed by atoms with E-state index in [1.807, 2.05) is 0 Å². The fraction of sp³-hybridized carbons (Fsp3) is 0.115. The highest BCUT2D eigenvalue weighted by Crippen LogP contribution is 2.40. The van der Waals surface area contributed by atoms with Gasteiger partial charge in [0.25, 0.3) is 16.8 Å². The molecule has 9 nitrogen and oxygen atoms in total. The molecular formula is C26H17BrCl2N2O7S. The summed E-state index contributed by atoms with van der Waals surface area (Å²) >= 11 is 16.3. The van der Waals surface area contributed by atoms with Gasteiger partial charge >= 0.3 is 0 Å². The van der Waals surface area contributed by atoms with Crippen molar-refractivity contribution in [3.8, 4) is 11.5 Å². The number of halogens is 3. The van der Waals surface area contributed by atoms with Crippen molar-refractivity contribution in [1.82, 2.24) is 4.90 Å². The van der Waals surface area contributed by atoms with Gasteiger partial charge in [0.15, 0.2) is 17.3 Å². The lowest BCUT2D eigenvalue weighted by Gasteiger charge is -2.14. The number of ether oxygens (including phenoxy) is 2. The van der Waals surface area contributed by atoms with Crippen molar-refractivity contribution < 1.29 is 28.8 Å². The number of amides is 2. The summed E-state index contributed by atoms with van der Waals surface area (Å²) in [5.74, 6) is -0.385. The second-order valence-corrected chi connectivity index (χ2v) is 10.7. The Morgan fingerprint density at radius 2 is 1.85 bits per heavy atom. The molecule has 1 heterocycles. The average Bonchev–Trinajstić information content (AvgIpc) is 3.15. The number of ketones is 1. The predicted molar refractivity (Wildman–Crippen MR) is 152 cm³/mol. The predicted octanol–water partition coefficient (Wildman–Crippen LogP) is 7.17. The van der Waals surface area contributed by atoms with Gasteiger partial charge < -0.3 is 9.47 Å².